The van der Waals surface area contributed by atoms with Gasteiger partial charge in [0.05, 0.1) is 0 Å². The largest absolute Gasteiger partial charge is 0.367 e. The summed E-state index contributed by atoms with van der Waals surface area (Å²) in [5.74, 6) is 1.69. The molecule has 0 unspecified atom stereocenters. The molecule has 5 nitrogen and oxygen atoms in total. The van der Waals surface area contributed by atoms with Crippen molar-refractivity contribution in [1.82, 2.24) is 15.3 Å². The van der Waals surface area contributed by atoms with E-state index in [-0.39, 0.29) is 0 Å². The van der Waals surface area contributed by atoms with Crippen molar-refractivity contribution in [3.8, 4) is 0 Å². The molecule has 1 aromatic carbocycles. The zero-order chi connectivity index (χ0) is 13.6. The average molecular weight is 269 g/mol. The van der Waals surface area contributed by atoms with Gasteiger partial charge in [-0.1, -0.05) is 18.2 Å². The van der Waals surface area contributed by atoms with Crippen molar-refractivity contribution >= 4 is 17.3 Å². The lowest BCUT2D eigenvalue weighted by atomic mass is 10.1. The number of anilines is 3. The summed E-state index contributed by atoms with van der Waals surface area (Å²) in [6, 6.07) is 12.5. The fraction of sp³-hybridized carbons (Fsp3) is 0.333. The Bertz CT molecular complexity index is 537. The lowest BCUT2D eigenvalue weighted by Crippen LogP contribution is -2.35. The fourth-order valence-electron chi connectivity index (χ4n) is 2.35. The molecule has 0 atom stereocenters. The van der Waals surface area contributed by atoms with Crippen LogP contribution in [0, 0.1) is 0 Å². The number of nitrogens with one attached hydrogen (secondary N) is 3. The summed E-state index contributed by atoms with van der Waals surface area (Å²) >= 11 is 0. The van der Waals surface area contributed by atoms with Crippen LogP contribution in [0.3, 0.4) is 0 Å². The quantitative estimate of drug-likeness (QED) is 0.795. The summed E-state index contributed by atoms with van der Waals surface area (Å²) in [4.78, 5) is 8.55. The monoisotopic (exact) mass is 269 g/mol. The number of benzene rings is 1. The van der Waals surface area contributed by atoms with E-state index in [4.69, 9.17) is 0 Å². The van der Waals surface area contributed by atoms with E-state index in [0.717, 1.165) is 43.3 Å². The molecule has 104 valence electrons. The lowest BCUT2D eigenvalue weighted by Gasteiger charge is -2.24. The zero-order valence-electron chi connectivity index (χ0n) is 11.3. The first-order valence-electron chi connectivity index (χ1n) is 7.01. The molecule has 20 heavy (non-hydrogen) atoms. The van der Waals surface area contributed by atoms with Gasteiger partial charge in [-0.3, -0.25) is 0 Å². The first-order chi connectivity index (χ1) is 9.90. The third kappa shape index (κ3) is 3.45. The molecular formula is C15H19N5. The summed E-state index contributed by atoms with van der Waals surface area (Å²) in [6.45, 7) is 2.13. The Morgan fingerprint density at radius 2 is 1.75 bits per heavy atom. The minimum Gasteiger partial charge on any atom is -0.367 e. The molecule has 3 rings (SSSR count). The molecule has 0 aliphatic carbocycles. The Balaban J connectivity index is 1.66. The van der Waals surface area contributed by atoms with Gasteiger partial charge in [0, 0.05) is 17.8 Å². The fourth-order valence-corrected chi connectivity index (χ4v) is 2.35. The zero-order valence-corrected chi connectivity index (χ0v) is 11.3. The average Bonchev–Trinajstić information content (AvgIpc) is 2.50. The Morgan fingerprint density at radius 1 is 1.00 bits per heavy atom. The first kappa shape index (κ1) is 12.9. The summed E-state index contributed by atoms with van der Waals surface area (Å²) in [5, 5.41) is 10.1. The molecule has 2 aromatic rings. The van der Waals surface area contributed by atoms with Gasteiger partial charge >= 0.3 is 0 Å². The van der Waals surface area contributed by atoms with Crippen molar-refractivity contribution in [3.63, 3.8) is 0 Å². The van der Waals surface area contributed by atoms with Gasteiger partial charge in [0.1, 0.15) is 18.0 Å². The molecule has 3 N–H and O–H groups in total. The molecule has 0 radical (unpaired) electrons. The molecule has 1 aromatic heterocycles. The Morgan fingerprint density at radius 3 is 2.55 bits per heavy atom. The smallest absolute Gasteiger partial charge is 0.135 e. The topological polar surface area (TPSA) is 61.9 Å². The molecule has 5 heteroatoms. The van der Waals surface area contributed by atoms with Crippen LogP contribution in [0.25, 0.3) is 0 Å². The highest BCUT2D eigenvalue weighted by Gasteiger charge is 2.13. The van der Waals surface area contributed by atoms with Crippen LogP contribution in [0.2, 0.25) is 0 Å². The number of nitrogens with zero attached hydrogens (tertiary/aromatic N) is 2. The first-order valence-corrected chi connectivity index (χ1v) is 7.01. The maximum Gasteiger partial charge on any atom is 0.135 e. The van der Waals surface area contributed by atoms with Gasteiger partial charge in [-0.25, -0.2) is 9.97 Å². The van der Waals surface area contributed by atoms with Gasteiger partial charge in [0.25, 0.3) is 0 Å². The summed E-state index contributed by atoms with van der Waals surface area (Å²) in [6.07, 6.45) is 3.85. The van der Waals surface area contributed by atoms with Crippen LogP contribution in [-0.4, -0.2) is 29.1 Å². The number of aromatic nitrogens is 2. The van der Waals surface area contributed by atoms with Crippen LogP contribution < -0.4 is 16.0 Å². The van der Waals surface area contributed by atoms with Crippen LogP contribution in [0.5, 0.6) is 0 Å². The van der Waals surface area contributed by atoms with Gasteiger partial charge in [-0.05, 0) is 38.1 Å². The minimum atomic E-state index is 0.496. The van der Waals surface area contributed by atoms with E-state index < -0.39 is 0 Å². The van der Waals surface area contributed by atoms with Crippen LogP contribution in [0.15, 0.2) is 42.7 Å². The van der Waals surface area contributed by atoms with E-state index in [1.807, 2.05) is 36.4 Å². The van der Waals surface area contributed by atoms with Gasteiger partial charge in [0.15, 0.2) is 0 Å². The third-order valence-electron chi connectivity index (χ3n) is 3.40. The number of rotatable bonds is 4. The van der Waals surface area contributed by atoms with Crippen molar-refractivity contribution in [3.05, 3.63) is 42.7 Å². The van der Waals surface area contributed by atoms with Gasteiger partial charge < -0.3 is 16.0 Å². The highest BCUT2D eigenvalue weighted by molar-refractivity contribution is 5.58. The van der Waals surface area contributed by atoms with E-state index in [9.17, 15) is 0 Å². The molecule has 0 spiro atoms. The van der Waals surface area contributed by atoms with Crippen molar-refractivity contribution in [2.45, 2.75) is 18.9 Å². The number of hydrogen-bond donors (Lipinski definition) is 3. The van der Waals surface area contributed by atoms with Crippen molar-refractivity contribution in [1.29, 1.82) is 0 Å². The van der Waals surface area contributed by atoms with E-state index in [1.54, 1.807) is 6.33 Å². The van der Waals surface area contributed by atoms with Gasteiger partial charge in [-0.2, -0.15) is 0 Å². The second kappa shape index (κ2) is 6.34. The predicted octanol–water partition coefficient (Wildman–Crippen LogP) is 2.38. The maximum atomic E-state index is 4.29. The molecule has 0 bridgehead atoms. The standard InChI is InChI=1S/C15H19N5/c1-2-4-12(5-3-1)19-14-10-15(18-11-17-14)20-13-6-8-16-9-7-13/h1-5,10-11,13,16H,6-9H2,(H2,17,18,19,20). The highest BCUT2D eigenvalue weighted by atomic mass is 15.1. The van der Waals surface area contributed by atoms with E-state index in [0.29, 0.717) is 6.04 Å². The lowest BCUT2D eigenvalue weighted by molar-refractivity contribution is 0.478. The molecule has 1 aliphatic heterocycles. The van der Waals surface area contributed by atoms with Crippen LogP contribution >= 0.6 is 0 Å². The summed E-state index contributed by atoms with van der Waals surface area (Å²) < 4.78 is 0. The number of piperidine rings is 1. The second-order valence-electron chi connectivity index (χ2n) is 4.95. The maximum absolute atomic E-state index is 4.29. The van der Waals surface area contributed by atoms with E-state index in [1.165, 1.54) is 0 Å². The van der Waals surface area contributed by atoms with E-state index >= 15 is 0 Å². The molecule has 0 saturated carbocycles. The van der Waals surface area contributed by atoms with Gasteiger partial charge in [0.2, 0.25) is 0 Å². The normalized spacial score (nSPS) is 15.8. The molecule has 2 heterocycles. The molecule has 1 fully saturated rings. The van der Waals surface area contributed by atoms with Crippen LogP contribution in [0.4, 0.5) is 17.3 Å². The number of hydrogen-bond acceptors (Lipinski definition) is 5. The number of para-hydroxylation sites is 1. The van der Waals surface area contributed by atoms with Crippen molar-refractivity contribution in [2.24, 2.45) is 0 Å². The Kier molecular flexibility index (Phi) is 4.08. The Hall–Kier alpha value is -2.14. The molecule has 0 amide bonds. The summed E-state index contributed by atoms with van der Waals surface area (Å²) in [7, 11) is 0. The third-order valence-corrected chi connectivity index (χ3v) is 3.40. The van der Waals surface area contributed by atoms with Crippen molar-refractivity contribution in [2.75, 3.05) is 23.7 Å². The van der Waals surface area contributed by atoms with Gasteiger partial charge in [-0.15, -0.1) is 0 Å². The SMILES string of the molecule is c1ccc(Nc2cc(NC3CCNCC3)ncn2)cc1. The van der Waals surface area contributed by atoms with Crippen LogP contribution in [0.1, 0.15) is 12.8 Å². The highest BCUT2D eigenvalue weighted by Crippen LogP contribution is 2.17. The molecule has 1 aliphatic rings. The van der Waals surface area contributed by atoms with E-state index in [2.05, 4.69) is 25.9 Å². The van der Waals surface area contributed by atoms with Crippen LogP contribution in [-0.2, 0) is 0 Å². The molecular weight excluding hydrogens is 250 g/mol. The van der Waals surface area contributed by atoms with Crippen molar-refractivity contribution < 1.29 is 0 Å². The summed E-state index contributed by atoms with van der Waals surface area (Å²) in [5.41, 5.74) is 1.03. The second-order valence-corrected chi connectivity index (χ2v) is 4.95. The predicted molar refractivity (Wildman–Crippen MR) is 81.3 cm³/mol. The Labute approximate surface area is 118 Å². The molecule has 1 saturated heterocycles. The minimum absolute atomic E-state index is 0.496.